The Balaban J connectivity index is 2.72. The molecule has 1 atom stereocenters. The summed E-state index contributed by atoms with van der Waals surface area (Å²) in [5.74, 6) is -0.708. The Kier molecular flexibility index (Phi) is 2.08. The van der Waals surface area contributed by atoms with Crippen LogP contribution in [-0.4, -0.2) is 21.2 Å². The number of hydrogen-bond donors (Lipinski definition) is 1. The van der Waals surface area contributed by atoms with E-state index in [0.717, 1.165) is 0 Å². The summed E-state index contributed by atoms with van der Waals surface area (Å²) in [5, 5.41) is 2.86. The molecule has 0 saturated carbocycles. The van der Waals surface area contributed by atoms with E-state index in [-0.39, 0.29) is 16.7 Å². The number of halogens is 1. The second kappa shape index (κ2) is 3.03. The molecule has 0 fully saturated rings. The molecule has 1 aliphatic rings. The molecule has 76 valence electrons. The molecular formula is C9H10FNO2S. The molecule has 5 heteroatoms. The van der Waals surface area contributed by atoms with Gasteiger partial charge in [0.1, 0.15) is 10.7 Å². The minimum absolute atomic E-state index is 0.0558. The molecule has 3 nitrogen and oxygen atoms in total. The zero-order valence-corrected chi connectivity index (χ0v) is 8.44. The van der Waals surface area contributed by atoms with Gasteiger partial charge in [0.05, 0.1) is 5.75 Å². The Morgan fingerprint density at radius 1 is 1.50 bits per heavy atom. The molecule has 1 aliphatic heterocycles. The summed E-state index contributed by atoms with van der Waals surface area (Å²) in [4.78, 5) is -0.139. The van der Waals surface area contributed by atoms with Crippen LogP contribution >= 0.6 is 0 Å². The van der Waals surface area contributed by atoms with E-state index >= 15 is 0 Å². The fourth-order valence-corrected chi connectivity index (χ4v) is 3.65. The maximum atomic E-state index is 13.3. The van der Waals surface area contributed by atoms with Gasteiger partial charge in [0.15, 0.2) is 9.84 Å². The highest BCUT2D eigenvalue weighted by atomic mass is 32.2. The lowest BCUT2D eigenvalue weighted by Gasteiger charge is -2.06. The van der Waals surface area contributed by atoms with Gasteiger partial charge in [0.2, 0.25) is 0 Å². The van der Waals surface area contributed by atoms with Crippen LogP contribution in [0.15, 0.2) is 23.1 Å². The first-order valence-corrected chi connectivity index (χ1v) is 5.90. The second-order valence-corrected chi connectivity index (χ2v) is 5.25. The van der Waals surface area contributed by atoms with Crippen LogP contribution in [0, 0.1) is 5.82 Å². The Morgan fingerprint density at radius 2 is 2.21 bits per heavy atom. The summed E-state index contributed by atoms with van der Waals surface area (Å²) >= 11 is 0. The van der Waals surface area contributed by atoms with Gasteiger partial charge < -0.3 is 5.32 Å². The summed E-state index contributed by atoms with van der Waals surface area (Å²) < 4.78 is 36.4. The number of benzene rings is 1. The molecule has 1 N–H and O–H groups in total. The highest BCUT2D eigenvalue weighted by Gasteiger charge is 2.36. The molecule has 0 aliphatic carbocycles. The van der Waals surface area contributed by atoms with Crippen LogP contribution in [0.25, 0.3) is 0 Å². The van der Waals surface area contributed by atoms with Crippen LogP contribution in [-0.2, 0) is 9.84 Å². The van der Waals surface area contributed by atoms with Gasteiger partial charge in [-0.2, -0.15) is 0 Å². The largest absolute Gasteiger partial charge is 0.312 e. The zero-order valence-electron chi connectivity index (χ0n) is 7.62. The van der Waals surface area contributed by atoms with Crippen LogP contribution in [0.3, 0.4) is 0 Å². The van der Waals surface area contributed by atoms with Crippen molar-refractivity contribution in [2.24, 2.45) is 0 Å². The minimum Gasteiger partial charge on any atom is -0.312 e. The lowest BCUT2D eigenvalue weighted by atomic mass is 10.1. The van der Waals surface area contributed by atoms with Crippen molar-refractivity contribution in [1.82, 2.24) is 5.32 Å². The van der Waals surface area contributed by atoms with E-state index in [0.29, 0.717) is 5.56 Å². The second-order valence-electron chi connectivity index (χ2n) is 3.28. The summed E-state index contributed by atoms with van der Waals surface area (Å²) in [6, 6.07) is 4.06. The van der Waals surface area contributed by atoms with Gasteiger partial charge in [-0.25, -0.2) is 12.8 Å². The first-order chi connectivity index (χ1) is 6.56. The van der Waals surface area contributed by atoms with Gasteiger partial charge in [-0.15, -0.1) is 0 Å². The quantitative estimate of drug-likeness (QED) is 0.756. The molecule has 1 unspecified atom stereocenters. The van der Waals surface area contributed by atoms with Gasteiger partial charge >= 0.3 is 0 Å². The third-order valence-corrected chi connectivity index (χ3v) is 4.24. The molecule has 14 heavy (non-hydrogen) atoms. The van der Waals surface area contributed by atoms with Crippen molar-refractivity contribution in [2.45, 2.75) is 10.9 Å². The molecule has 0 saturated heterocycles. The number of fused-ring (bicyclic) bond motifs is 1. The fourth-order valence-electron chi connectivity index (χ4n) is 1.76. The molecule has 0 aromatic heterocycles. The lowest BCUT2D eigenvalue weighted by Crippen LogP contribution is -2.17. The smallest absolute Gasteiger partial charge is 0.183 e. The zero-order chi connectivity index (χ0) is 10.3. The van der Waals surface area contributed by atoms with Crippen molar-refractivity contribution in [3.63, 3.8) is 0 Å². The number of nitrogens with one attached hydrogen (secondary N) is 1. The SMILES string of the molecule is CNC1CS(=O)(=O)c2c(F)cccc21. The molecule has 0 amide bonds. The van der Waals surface area contributed by atoms with Crippen LogP contribution in [0.2, 0.25) is 0 Å². The molecule has 0 spiro atoms. The Bertz CT molecular complexity index is 470. The predicted molar refractivity (Wildman–Crippen MR) is 50.3 cm³/mol. The third kappa shape index (κ3) is 1.24. The average Bonchev–Trinajstić information content (AvgIpc) is 2.39. The highest BCUT2D eigenvalue weighted by molar-refractivity contribution is 7.91. The van der Waals surface area contributed by atoms with E-state index < -0.39 is 15.7 Å². The molecule has 1 aromatic carbocycles. The van der Waals surface area contributed by atoms with Gasteiger partial charge in [0.25, 0.3) is 0 Å². The van der Waals surface area contributed by atoms with Crippen LogP contribution in [0.4, 0.5) is 4.39 Å². The first-order valence-electron chi connectivity index (χ1n) is 4.24. The molecular weight excluding hydrogens is 205 g/mol. The molecule has 0 radical (unpaired) electrons. The van der Waals surface area contributed by atoms with Gasteiger partial charge in [-0.3, -0.25) is 0 Å². The Morgan fingerprint density at radius 3 is 2.86 bits per heavy atom. The number of hydrogen-bond acceptors (Lipinski definition) is 3. The first kappa shape index (κ1) is 9.61. The van der Waals surface area contributed by atoms with E-state index in [4.69, 9.17) is 0 Å². The Labute approximate surface area is 81.9 Å². The minimum atomic E-state index is -3.44. The van der Waals surface area contributed by atoms with Crippen LogP contribution < -0.4 is 5.32 Å². The number of sulfone groups is 1. The van der Waals surface area contributed by atoms with E-state index in [9.17, 15) is 12.8 Å². The van der Waals surface area contributed by atoms with Crippen LogP contribution in [0.1, 0.15) is 11.6 Å². The summed E-state index contributed by atoms with van der Waals surface area (Å²) in [6.07, 6.45) is 0. The lowest BCUT2D eigenvalue weighted by molar-refractivity contribution is 0.571. The summed E-state index contributed by atoms with van der Waals surface area (Å²) in [5.41, 5.74) is 0.535. The summed E-state index contributed by atoms with van der Waals surface area (Å²) in [6.45, 7) is 0. The monoisotopic (exact) mass is 215 g/mol. The van der Waals surface area contributed by atoms with Crippen molar-refractivity contribution >= 4 is 9.84 Å². The van der Waals surface area contributed by atoms with Gasteiger partial charge in [-0.05, 0) is 18.7 Å². The predicted octanol–water partition coefficient (Wildman–Crippen LogP) is 0.874. The topological polar surface area (TPSA) is 46.2 Å². The van der Waals surface area contributed by atoms with Crippen molar-refractivity contribution < 1.29 is 12.8 Å². The maximum absolute atomic E-state index is 13.3. The van der Waals surface area contributed by atoms with Crippen molar-refractivity contribution in [1.29, 1.82) is 0 Å². The van der Waals surface area contributed by atoms with Crippen molar-refractivity contribution in [3.8, 4) is 0 Å². The van der Waals surface area contributed by atoms with E-state index in [1.807, 2.05) is 0 Å². The summed E-state index contributed by atoms with van der Waals surface area (Å²) in [7, 11) is -1.77. The fraction of sp³-hybridized carbons (Fsp3) is 0.333. The van der Waals surface area contributed by atoms with E-state index in [2.05, 4.69) is 5.32 Å². The van der Waals surface area contributed by atoms with Crippen molar-refractivity contribution in [2.75, 3.05) is 12.8 Å². The molecule has 0 bridgehead atoms. The van der Waals surface area contributed by atoms with Gasteiger partial charge in [-0.1, -0.05) is 12.1 Å². The average molecular weight is 215 g/mol. The Hall–Kier alpha value is -0.940. The molecule has 1 aromatic rings. The molecule has 1 heterocycles. The third-order valence-electron chi connectivity index (χ3n) is 2.42. The van der Waals surface area contributed by atoms with E-state index in [1.54, 1.807) is 13.1 Å². The number of rotatable bonds is 1. The normalized spacial score (nSPS) is 23.4. The molecule has 2 rings (SSSR count). The van der Waals surface area contributed by atoms with Gasteiger partial charge in [0, 0.05) is 6.04 Å². The maximum Gasteiger partial charge on any atom is 0.183 e. The van der Waals surface area contributed by atoms with Crippen LogP contribution in [0.5, 0.6) is 0 Å². The van der Waals surface area contributed by atoms with Crippen molar-refractivity contribution in [3.05, 3.63) is 29.6 Å². The standard InChI is InChI=1S/C9H10FNO2S/c1-11-8-5-14(12,13)9-6(8)3-2-4-7(9)10/h2-4,8,11H,5H2,1H3. The van der Waals surface area contributed by atoms with E-state index in [1.165, 1.54) is 12.1 Å². The highest BCUT2D eigenvalue weighted by Crippen LogP contribution is 2.34.